The van der Waals surface area contributed by atoms with E-state index in [1.54, 1.807) is 7.11 Å². The SMILES string of the molecule is COc1cc2c(cc1CNC(=O)N1CCCCCC1)OCCO2. The summed E-state index contributed by atoms with van der Waals surface area (Å²) in [7, 11) is 1.62. The van der Waals surface area contributed by atoms with Crippen molar-refractivity contribution in [3.05, 3.63) is 17.7 Å². The van der Waals surface area contributed by atoms with Crippen molar-refractivity contribution in [2.24, 2.45) is 0 Å². The molecule has 0 atom stereocenters. The van der Waals surface area contributed by atoms with E-state index in [4.69, 9.17) is 14.2 Å². The van der Waals surface area contributed by atoms with Crippen LogP contribution in [0.25, 0.3) is 0 Å². The van der Waals surface area contributed by atoms with Crippen LogP contribution in [0, 0.1) is 0 Å². The van der Waals surface area contributed by atoms with Crippen LogP contribution >= 0.6 is 0 Å². The van der Waals surface area contributed by atoms with Crippen molar-refractivity contribution >= 4 is 6.03 Å². The summed E-state index contributed by atoms with van der Waals surface area (Å²) in [6.45, 7) is 3.17. The van der Waals surface area contributed by atoms with Gasteiger partial charge < -0.3 is 24.4 Å². The Labute approximate surface area is 136 Å². The standard InChI is InChI=1S/C17H24N2O4/c1-21-14-11-16-15(22-8-9-23-16)10-13(14)12-18-17(20)19-6-4-2-3-5-7-19/h10-11H,2-9,12H2,1H3,(H,18,20). The molecule has 0 aliphatic carbocycles. The van der Waals surface area contributed by atoms with Gasteiger partial charge in [0.15, 0.2) is 11.5 Å². The third-order valence-corrected chi connectivity index (χ3v) is 4.27. The Kier molecular flexibility index (Phi) is 5.10. The molecule has 0 saturated carbocycles. The predicted molar refractivity (Wildman–Crippen MR) is 86.3 cm³/mol. The molecular weight excluding hydrogens is 296 g/mol. The number of hydrogen-bond donors (Lipinski definition) is 1. The number of rotatable bonds is 3. The van der Waals surface area contributed by atoms with Crippen molar-refractivity contribution in [1.82, 2.24) is 10.2 Å². The molecule has 0 aromatic heterocycles. The third-order valence-electron chi connectivity index (χ3n) is 4.27. The average Bonchev–Trinajstić information content (AvgIpc) is 2.88. The van der Waals surface area contributed by atoms with Crippen LogP contribution in [0.2, 0.25) is 0 Å². The zero-order chi connectivity index (χ0) is 16.1. The maximum atomic E-state index is 12.3. The molecule has 3 rings (SSSR count). The van der Waals surface area contributed by atoms with Gasteiger partial charge >= 0.3 is 6.03 Å². The van der Waals surface area contributed by atoms with Crippen LogP contribution in [-0.2, 0) is 6.54 Å². The first-order valence-corrected chi connectivity index (χ1v) is 8.27. The number of benzene rings is 1. The molecule has 2 aliphatic heterocycles. The number of carbonyl (C=O) groups excluding carboxylic acids is 1. The quantitative estimate of drug-likeness (QED) is 0.930. The average molecular weight is 320 g/mol. The lowest BCUT2D eigenvalue weighted by atomic mass is 10.1. The van der Waals surface area contributed by atoms with Gasteiger partial charge in [0.1, 0.15) is 19.0 Å². The van der Waals surface area contributed by atoms with Crippen LogP contribution in [0.4, 0.5) is 4.79 Å². The number of carbonyl (C=O) groups is 1. The van der Waals surface area contributed by atoms with Crippen molar-refractivity contribution in [3.63, 3.8) is 0 Å². The maximum Gasteiger partial charge on any atom is 0.317 e. The fourth-order valence-corrected chi connectivity index (χ4v) is 3.00. The summed E-state index contributed by atoms with van der Waals surface area (Å²) in [6, 6.07) is 3.70. The first kappa shape index (κ1) is 15.8. The van der Waals surface area contributed by atoms with Crippen LogP contribution in [0.1, 0.15) is 31.2 Å². The second-order valence-corrected chi connectivity index (χ2v) is 5.87. The number of hydrogen-bond acceptors (Lipinski definition) is 4. The van der Waals surface area contributed by atoms with Crippen molar-refractivity contribution < 1.29 is 19.0 Å². The molecule has 0 bridgehead atoms. The second-order valence-electron chi connectivity index (χ2n) is 5.87. The Balaban J connectivity index is 1.65. The van der Waals surface area contributed by atoms with E-state index in [1.807, 2.05) is 17.0 Å². The Morgan fingerprint density at radius 1 is 1.13 bits per heavy atom. The largest absolute Gasteiger partial charge is 0.496 e. The summed E-state index contributed by atoms with van der Waals surface area (Å²) in [4.78, 5) is 14.2. The minimum Gasteiger partial charge on any atom is -0.496 e. The lowest BCUT2D eigenvalue weighted by Gasteiger charge is -2.23. The van der Waals surface area contributed by atoms with Crippen LogP contribution in [-0.4, -0.2) is 44.3 Å². The highest BCUT2D eigenvalue weighted by Crippen LogP contribution is 2.36. The molecule has 6 nitrogen and oxygen atoms in total. The van der Waals surface area contributed by atoms with E-state index >= 15 is 0 Å². The van der Waals surface area contributed by atoms with Gasteiger partial charge in [0.05, 0.1) is 7.11 Å². The number of nitrogens with one attached hydrogen (secondary N) is 1. The minimum atomic E-state index is -0.0103. The lowest BCUT2D eigenvalue weighted by Crippen LogP contribution is -2.40. The van der Waals surface area contributed by atoms with Crippen molar-refractivity contribution in [2.75, 3.05) is 33.4 Å². The highest BCUT2D eigenvalue weighted by molar-refractivity contribution is 5.74. The van der Waals surface area contributed by atoms with E-state index in [9.17, 15) is 4.79 Å². The second kappa shape index (κ2) is 7.44. The van der Waals surface area contributed by atoms with Gasteiger partial charge in [0.25, 0.3) is 0 Å². The molecule has 1 aromatic rings. The minimum absolute atomic E-state index is 0.0103. The highest BCUT2D eigenvalue weighted by Gasteiger charge is 2.19. The highest BCUT2D eigenvalue weighted by atomic mass is 16.6. The van der Waals surface area contributed by atoms with Crippen molar-refractivity contribution in [2.45, 2.75) is 32.2 Å². The molecule has 2 heterocycles. The molecule has 1 N–H and O–H groups in total. The van der Waals surface area contributed by atoms with Gasteiger partial charge in [-0.2, -0.15) is 0 Å². The molecule has 0 radical (unpaired) electrons. The van der Waals surface area contributed by atoms with Gasteiger partial charge in [-0.05, 0) is 18.9 Å². The molecule has 2 amide bonds. The summed E-state index contributed by atoms with van der Waals surface area (Å²) >= 11 is 0. The molecule has 1 saturated heterocycles. The Bertz CT molecular complexity index is 554. The van der Waals surface area contributed by atoms with E-state index in [1.165, 1.54) is 12.8 Å². The number of likely N-dealkylation sites (tertiary alicyclic amines) is 1. The number of ether oxygens (including phenoxy) is 3. The molecule has 1 aromatic carbocycles. The fraction of sp³-hybridized carbons (Fsp3) is 0.588. The molecule has 1 fully saturated rings. The van der Waals surface area contributed by atoms with Crippen molar-refractivity contribution in [3.8, 4) is 17.2 Å². The summed E-state index contributed by atoms with van der Waals surface area (Å²) in [5, 5.41) is 2.99. The molecule has 126 valence electrons. The smallest absolute Gasteiger partial charge is 0.317 e. The van der Waals surface area contributed by atoms with Gasteiger partial charge in [-0.3, -0.25) is 0 Å². The monoisotopic (exact) mass is 320 g/mol. The van der Waals surface area contributed by atoms with Gasteiger partial charge in [-0.25, -0.2) is 4.79 Å². The fourth-order valence-electron chi connectivity index (χ4n) is 3.00. The van der Waals surface area contributed by atoms with E-state index in [2.05, 4.69) is 5.32 Å². The van der Waals surface area contributed by atoms with E-state index in [-0.39, 0.29) is 6.03 Å². The number of nitrogens with zero attached hydrogens (tertiary/aromatic N) is 1. The first-order valence-electron chi connectivity index (χ1n) is 8.27. The number of urea groups is 1. The number of methoxy groups -OCH3 is 1. The van der Waals surface area contributed by atoms with Crippen LogP contribution < -0.4 is 19.5 Å². The lowest BCUT2D eigenvalue weighted by molar-refractivity contribution is 0.170. The topological polar surface area (TPSA) is 60.0 Å². The van der Waals surface area contributed by atoms with Gasteiger partial charge in [0.2, 0.25) is 0 Å². The first-order chi connectivity index (χ1) is 11.3. The van der Waals surface area contributed by atoms with Crippen LogP contribution in [0.15, 0.2) is 12.1 Å². The maximum absolute atomic E-state index is 12.3. The molecule has 23 heavy (non-hydrogen) atoms. The van der Waals surface area contributed by atoms with Crippen LogP contribution in [0.3, 0.4) is 0 Å². The van der Waals surface area contributed by atoms with E-state index in [0.717, 1.165) is 31.5 Å². The van der Waals surface area contributed by atoms with E-state index in [0.29, 0.717) is 37.0 Å². The summed E-state index contributed by atoms with van der Waals surface area (Å²) in [6.07, 6.45) is 4.58. The number of amides is 2. The molecular formula is C17H24N2O4. The summed E-state index contributed by atoms with van der Waals surface area (Å²) < 4.78 is 16.6. The predicted octanol–water partition coefficient (Wildman–Crippen LogP) is 2.55. The van der Waals surface area contributed by atoms with E-state index < -0.39 is 0 Å². The zero-order valence-corrected chi connectivity index (χ0v) is 13.6. The molecule has 0 unspecified atom stereocenters. The Hall–Kier alpha value is -2.11. The molecule has 6 heteroatoms. The van der Waals surface area contributed by atoms with Gasteiger partial charge in [-0.15, -0.1) is 0 Å². The summed E-state index contributed by atoms with van der Waals surface area (Å²) in [5.74, 6) is 2.09. The van der Waals surface area contributed by atoms with Crippen LogP contribution in [0.5, 0.6) is 17.2 Å². The number of fused-ring (bicyclic) bond motifs is 1. The van der Waals surface area contributed by atoms with Gasteiger partial charge in [0, 0.05) is 31.3 Å². The molecule has 0 spiro atoms. The van der Waals surface area contributed by atoms with Crippen molar-refractivity contribution in [1.29, 1.82) is 0 Å². The Morgan fingerprint density at radius 2 is 1.78 bits per heavy atom. The normalized spacial score (nSPS) is 17.3. The third kappa shape index (κ3) is 3.81. The molecule has 2 aliphatic rings. The zero-order valence-electron chi connectivity index (χ0n) is 13.6. The van der Waals surface area contributed by atoms with Gasteiger partial charge in [-0.1, -0.05) is 12.8 Å². The Morgan fingerprint density at radius 3 is 2.43 bits per heavy atom. The summed E-state index contributed by atoms with van der Waals surface area (Å²) in [5.41, 5.74) is 0.889.